The van der Waals surface area contributed by atoms with Gasteiger partial charge in [-0.1, -0.05) is 39.0 Å². The van der Waals surface area contributed by atoms with E-state index >= 15 is 0 Å². The van der Waals surface area contributed by atoms with E-state index in [9.17, 15) is 19.5 Å². The zero-order valence-electron chi connectivity index (χ0n) is 18.8. The van der Waals surface area contributed by atoms with E-state index < -0.39 is 18.2 Å². The van der Waals surface area contributed by atoms with Crippen LogP contribution in [-0.2, 0) is 23.9 Å². The van der Waals surface area contributed by atoms with Gasteiger partial charge in [-0.3, -0.25) is 9.59 Å². The van der Waals surface area contributed by atoms with Gasteiger partial charge in [0.25, 0.3) is 0 Å². The lowest BCUT2D eigenvalue weighted by Crippen LogP contribution is -2.41. The third kappa shape index (κ3) is 8.92. The normalized spacial score (nSPS) is 34.2. The molecule has 1 heterocycles. The first kappa shape index (κ1) is 26.2. The Morgan fingerprint density at radius 2 is 1.97 bits per heavy atom. The molecule has 6 heteroatoms. The molecule has 1 aliphatic rings. The number of hydrogen-bond donors (Lipinski definition) is 1. The van der Waals surface area contributed by atoms with Crippen molar-refractivity contribution >= 4 is 18.0 Å². The number of carbonyl (C=O) groups excluding carboxylic acids is 3. The average Bonchev–Trinajstić information content (AvgIpc) is 2.69. The quantitative estimate of drug-likeness (QED) is 0.517. The second-order valence-electron chi connectivity index (χ2n) is 8.20. The molecule has 0 bridgehead atoms. The van der Waals surface area contributed by atoms with Gasteiger partial charge in [-0.05, 0) is 38.2 Å². The van der Waals surface area contributed by atoms with E-state index in [1.54, 1.807) is 19.1 Å². The van der Waals surface area contributed by atoms with Crippen LogP contribution in [-0.4, -0.2) is 48.1 Å². The number of allylic oxidation sites excluding steroid dienone is 3. The maximum Gasteiger partial charge on any atom is 0.308 e. The lowest BCUT2D eigenvalue weighted by Gasteiger charge is -2.36. The van der Waals surface area contributed by atoms with E-state index in [0.717, 1.165) is 12.7 Å². The molecule has 0 spiro atoms. The van der Waals surface area contributed by atoms with Gasteiger partial charge < -0.3 is 19.4 Å². The molecular formula is C24H38O6. The number of rotatable bonds is 6. The molecule has 0 amide bonds. The maximum atomic E-state index is 12.5. The standard InChI is InChI=1S/C24H38O6/c1-5-14-29-24-19(12-13-25)15-17(3)21(26)11-9-7-8-10-18(4)30-23(28)16-22(27)20(24)6-2/h7-9,11,13,17-20,22,24,27H,5-6,10,12,14-16H2,1-4H3/b8-7+,11-9+/t17-,18-,19+,20+,22-,24+/m1/s1. The Morgan fingerprint density at radius 1 is 1.23 bits per heavy atom. The topological polar surface area (TPSA) is 89.9 Å². The first-order chi connectivity index (χ1) is 14.3. The van der Waals surface area contributed by atoms with Gasteiger partial charge in [0, 0.05) is 31.3 Å². The summed E-state index contributed by atoms with van der Waals surface area (Å²) in [4.78, 5) is 36.3. The van der Waals surface area contributed by atoms with Crippen LogP contribution in [0.1, 0.15) is 66.2 Å². The van der Waals surface area contributed by atoms with Gasteiger partial charge in [0.05, 0.1) is 18.6 Å². The van der Waals surface area contributed by atoms with E-state index in [1.807, 2.05) is 26.8 Å². The molecule has 6 atom stereocenters. The van der Waals surface area contributed by atoms with Crippen LogP contribution in [0, 0.1) is 17.8 Å². The molecule has 6 nitrogen and oxygen atoms in total. The van der Waals surface area contributed by atoms with E-state index in [1.165, 1.54) is 6.08 Å². The second-order valence-corrected chi connectivity index (χ2v) is 8.20. The highest BCUT2D eigenvalue weighted by atomic mass is 16.5. The summed E-state index contributed by atoms with van der Waals surface area (Å²) in [6, 6.07) is 0. The summed E-state index contributed by atoms with van der Waals surface area (Å²) >= 11 is 0. The van der Waals surface area contributed by atoms with Crippen molar-refractivity contribution in [3.8, 4) is 0 Å². The zero-order valence-corrected chi connectivity index (χ0v) is 18.8. The van der Waals surface area contributed by atoms with Crippen LogP contribution in [0.15, 0.2) is 24.3 Å². The molecule has 0 unspecified atom stereocenters. The van der Waals surface area contributed by atoms with Crippen molar-refractivity contribution < 1.29 is 29.0 Å². The van der Waals surface area contributed by atoms with Gasteiger partial charge in [-0.25, -0.2) is 0 Å². The SMILES string of the molecule is CCCO[C@H]1[C@@H](CC=O)C[C@@H](C)C(=O)/C=C/C=C/C[C@@H](C)OC(=O)C[C@@H](O)[C@@H]1CC. The molecule has 0 saturated carbocycles. The van der Waals surface area contributed by atoms with Crippen molar-refractivity contribution in [1.82, 2.24) is 0 Å². The zero-order chi connectivity index (χ0) is 22.5. The molecule has 0 aromatic carbocycles. The summed E-state index contributed by atoms with van der Waals surface area (Å²) in [5.41, 5.74) is 0. The second kappa shape index (κ2) is 14.3. The molecule has 0 fully saturated rings. The molecule has 0 aromatic rings. The maximum absolute atomic E-state index is 12.5. The van der Waals surface area contributed by atoms with Crippen molar-refractivity contribution in [3.05, 3.63) is 24.3 Å². The van der Waals surface area contributed by atoms with E-state index in [2.05, 4.69) is 0 Å². The molecule has 0 aromatic heterocycles. The van der Waals surface area contributed by atoms with Crippen LogP contribution in [0.2, 0.25) is 0 Å². The van der Waals surface area contributed by atoms with Crippen LogP contribution in [0.3, 0.4) is 0 Å². The molecule has 1 aliphatic heterocycles. The summed E-state index contributed by atoms with van der Waals surface area (Å²) in [6.07, 6.45) is 8.47. The smallest absolute Gasteiger partial charge is 0.308 e. The Hall–Kier alpha value is -1.79. The Kier molecular flexibility index (Phi) is 12.5. The number of carbonyl (C=O) groups is 3. The summed E-state index contributed by atoms with van der Waals surface area (Å²) in [5, 5.41) is 10.8. The number of aliphatic hydroxyl groups is 1. The molecular weight excluding hydrogens is 384 g/mol. The number of cyclic esters (lactones) is 1. The summed E-state index contributed by atoms with van der Waals surface area (Å²) in [6.45, 7) is 8.05. The molecule has 30 heavy (non-hydrogen) atoms. The third-order valence-corrected chi connectivity index (χ3v) is 5.59. The molecule has 1 N–H and O–H groups in total. The Morgan fingerprint density at radius 3 is 2.60 bits per heavy atom. The van der Waals surface area contributed by atoms with Gasteiger partial charge in [0.15, 0.2) is 5.78 Å². The van der Waals surface area contributed by atoms with Crippen molar-refractivity contribution in [2.24, 2.45) is 17.8 Å². The monoisotopic (exact) mass is 422 g/mol. The fourth-order valence-corrected chi connectivity index (χ4v) is 3.95. The Labute approximate surface area is 180 Å². The van der Waals surface area contributed by atoms with Crippen LogP contribution in [0.5, 0.6) is 0 Å². The lowest BCUT2D eigenvalue weighted by molar-refractivity contribution is -0.153. The number of aliphatic hydroxyl groups excluding tert-OH is 1. The van der Waals surface area contributed by atoms with E-state index in [-0.39, 0.29) is 42.5 Å². The molecule has 1 rings (SSSR count). The lowest BCUT2D eigenvalue weighted by atomic mass is 9.78. The number of esters is 1. The highest BCUT2D eigenvalue weighted by Gasteiger charge is 2.36. The molecule has 170 valence electrons. The number of ketones is 1. The minimum absolute atomic E-state index is 0.00930. The highest BCUT2D eigenvalue weighted by Crippen LogP contribution is 2.31. The average molecular weight is 423 g/mol. The predicted molar refractivity (Wildman–Crippen MR) is 116 cm³/mol. The summed E-state index contributed by atoms with van der Waals surface area (Å²) < 4.78 is 11.5. The van der Waals surface area contributed by atoms with Crippen molar-refractivity contribution in [2.45, 2.75) is 84.5 Å². The molecule has 0 radical (unpaired) electrons. The van der Waals surface area contributed by atoms with Gasteiger partial charge in [0.1, 0.15) is 12.4 Å². The van der Waals surface area contributed by atoms with Crippen molar-refractivity contribution in [2.75, 3.05) is 6.61 Å². The summed E-state index contributed by atoms with van der Waals surface area (Å²) in [7, 11) is 0. The van der Waals surface area contributed by atoms with Gasteiger partial charge in [-0.2, -0.15) is 0 Å². The van der Waals surface area contributed by atoms with E-state index in [4.69, 9.17) is 9.47 Å². The number of ether oxygens (including phenoxy) is 2. The first-order valence-electron chi connectivity index (χ1n) is 11.1. The van der Waals surface area contributed by atoms with Crippen LogP contribution >= 0.6 is 0 Å². The van der Waals surface area contributed by atoms with Gasteiger partial charge in [-0.15, -0.1) is 0 Å². The minimum atomic E-state index is -0.944. The Balaban J connectivity index is 3.24. The van der Waals surface area contributed by atoms with Crippen molar-refractivity contribution in [1.29, 1.82) is 0 Å². The Bertz CT molecular complexity index is 597. The van der Waals surface area contributed by atoms with E-state index in [0.29, 0.717) is 25.9 Å². The van der Waals surface area contributed by atoms with Gasteiger partial charge in [0.2, 0.25) is 0 Å². The third-order valence-electron chi connectivity index (χ3n) is 5.59. The fourth-order valence-electron chi connectivity index (χ4n) is 3.95. The van der Waals surface area contributed by atoms with Crippen LogP contribution in [0.4, 0.5) is 0 Å². The summed E-state index contributed by atoms with van der Waals surface area (Å²) in [5.74, 6) is -1.30. The fraction of sp³-hybridized carbons (Fsp3) is 0.708. The predicted octanol–water partition coefficient (Wildman–Crippen LogP) is 3.81. The molecule has 0 saturated heterocycles. The number of hydrogen-bond acceptors (Lipinski definition) is 6. The van der Waals surface area contributed by atoms with Crippen LogP contribution in [0.25, 0.3) is 0 Å². The molecule has 0 aliphatic carbocycles. The van der Waals surface area contributed by atoms with Gasteiger partial charge >= 0.3 is 5.97 Å². The first-order valence-corrected chi connectivity index (χ1v) is 11.1. The largest absolute Gasteiger partial charge is 0.462 e. The highest BCUT2D eigenvalue weighted by molar-refractivity contribution is 5.91. The minimum Gasteiger partial charge on any atom is -0.462 e. The number of aldehydes is 1. The van der Waals surface area contributed by atoms with Crippen LogP contribution < -0.4 is 0 Å². The van der Waals surface area contributed by atoms with Crippen molar-refractivity contribution in [3.63, 3.8) is 0 Å².